The third kappa shape index (κ3) is 6.31. The van der Waals surface area contributed by atoms with Gasteiger partial charge in [0, 0.05) is 12.7 Å². The van der Waals surface area contributed by atoms with E-state index in [4.69, 9.17) is 4.74 Å². The van der Waals surface area contributed by atoms with Crippen LogP contribution in [0.2, 0.25) is 0 Å². The number of anilines is 1. The summed E-state index contributed by atoms with van der Waals surface area (Å²) in [6.07, 6.45) is 0. The molecule has 1 aromatic heterocycles. The molecule has 0 fully saturated rings. The quantitative estimate of drug-likeness (QED) is 0.433. The van der Waals surface area contributed by atoms with E-state index in [-0.39, 0.29) is 23.1 Å². The number of hydrogen-bond donors (Lipinski definition) is 2. The molecular weight excluding hydrogens is 450 g/mol. The number of carbonyl (C=O) groups excluding carboxylic acids is 1. The van der Waals surface area contributed by atoms with Gasteiger partial charge in [0.15, 0.2) is 5.16 Å². The molecule has 0 saturated heterocycles. The van der Waals surface area contributed by atoms with Crippen molar-refractivity contribution in [2.24, 2.45) is 7.05 Å². The van der Waals surface area contributed by atoms with Crippen molar-refractivity contribution in [3.63, 3.8) is 0 Å². The molecule has 1 amide bonds. The van der Waals surface area contributed by atoms with Crippen molar-refractivity contribution >= 4 is 33.4 Å². The van der Waals surface area contributed by atoms with E-state index >= 15 is 0 Å². The zero-order chi connectivity index (χ0) is 23.1. The number of ether oxygens (including phenoxy) is 1. The molecule has 0 aliphatic rings. The normalized spacial score (nSPS) is 11.3. The molecule has 11 heteroatoms. The Balaban J connectivity index is 1.53. The minimum Gasteiger partial charge on any atom is -0.494 e. The van der Waals surface area contributed by atoms with Gasteiger partial charge >= 0.3 is 0 Å². The standard InChI is InChI=1S/C21H25N5O4S2/c1-4-30-17-9-7-16(8-10-17)23-20(27)14-31-21-25-24-19(26(21)3)13-22-32(28,29)18-11-5-15(2)6-12-18/h5-12,22H,4,13-14H2,1-3H3,(H,23,27). The molecule has 2 aromatic carbocycles. The molecule has 0 bridgehead atoms. The Labute approximate surface area is 191 Å². The zero-order valence-electron chi connectivity index (χ0n) is 18.0. The van der Waals surface area contributed by atoms with Gasteiger partial charge in [-0.25, -0.2) is 13.1 Å². The van der Waals surface area contributed by atoms with Crippen LogP contribution in [0, 0.1) is 6.92 Å². The molecule has 0 aliphatic carbocycles. The lowest BCUT2D eigenvalue weighted by atomic mass is 10.2. The van der Waals surface area contributed by atoms with Crippen molar-refractivity contribution in [2.45, 2.75) is 30.4 Å². The van der Waals surface area contributed by atoms with Gasteiger partial charge in [0.1, 0.15) is 11.6 Å². The summed E-state index contributed by atoms with van der Waals surface area (Å²) in [5.41, 5.74) is 1.65. The summed E-state index contributed by atoms with van der Waals surface area (Å²) in [6, 6.07) is 13.7. The number of nitrogens with zero attached hydrogens (tertiary/aromatic N) is 3. The molecule has 3 rings (SSSR count). The number of thioether (sulfide) groups is 1. The Kier molecular flexibility index (Phi) is 7.89. The van der Waals surface area contributed by atoms with Gasteiger partial charge in [-0.3, -0.25) is 4.79 Å². The second kappa shape index (κ2) is 10.6. The minimum atomic E-state index is -3.66. The Morgan fingerprint density at radius 1 is 1.09 bits per heavy atom. The van der Waals surface area contributed by atoms with E-state index in [0.717, 1.165) is 11.3 Å². The van der Waals surface area contributed by atoms with Gasteiger partial charge < -0.3 is 14.6 Å². The van der Waals surface area contributed by atoms with Gasteiger partial charge in [-0.2, -0.15) is 0 Å². The first-order valence-corrected chi connectivity index (χ1v) is 12.4. The van der Waals surface area contributed by atoms with Crippen molar-refractivity contribution in [3.05, 3.63) is 59.9 Å². The SMILES string of the molecule is CCOc1ccc(NC(=O)CSc2nnc(CNS(=O)(=O)c3ccc(C)cc3)n2C)cc1. The summed E-state index contributed by atoms with van der Waals surface area (Å²) >= 11 is 1.21. The summed E-state index contributed by atoms with van der Waals surface area (Å²) in [5, 5.41) is 11.4. The molecule has 9 nitrogen and oxygen atoms in total. The predicted molar refractivity (Wildman–Crippen MR) is 123 cm³/mol. The van der Waals surface area contributed by atoms with Crippen LogP contribution in [-0.4, -0.2) is 41.4 Å². The number of sulfonamides is 1. The van der Waals surface area contributed by atoms with E-state index in [1.165, 1.54) is 11.8 Å². The molecule has 0 spiro atoms. The number of amides is 1. The third-order valence-corrected chi connectivity index (χ3v) is 6.90. The maximum absolute atomic E-state index is 12.4. The maximum Gasteiger partial charge on any atom is 0.240 e. The minimum absolute atomic E-state index is 0.0152. The van der Waals surface area contributed by atoms with E-state index in [2.05, 4.69) is 20.2 Å². The third-order valence-electron chi connectivity index (χ3n) is 4.46. The molecule has 0 atom stereocenters. The van der Waals surface area contributed by atoms with Crippen LogP contribution in [0.5, 0.6) is 5.75 Å². The fourth-order valence-corrected chi connectivity index (χ4v) is 4.42. The van der Waals surface area contributed by atoms with Crippen LogP contribution in [0.4, 0.5) is 5.69 Å². The highest BCUT2D eigenvalue weighted by Gasteiger charge is 2.17. The van der Waals surface area contributed by atoms with E-state index in [0.29, 0.717) is 23.3 Å². The molecule has 0 saturated carbocycles. The Bertz CT molecular complexity index is 1160. The second-order valence-corrected chi connectivity index (χ2v) is 9.60. The van der Waals surface area contributed by atoms with Crippen molar-refractivity contribution in [1.29, 1.82) is 0 Å². The van der Waals surface area contributed by atoms with E-state index in [1.54, 1.807) is 60.1 Å². The number of nitrogens with one attached hydrogen (secondary N) is 2. The molecule has 1 heterocycles. The van der Waals surface area contributed by atoms with Crippen LogP contribution in [0.25, 0.3) is 0 Å². The largest absolute Gasteiger partial charge is 0.494 e. The molecule has 0 unspecified atom stereocenters. The Morgan fingerprint density at radius 2 is 1.78 bits per heavy atom. The molecule has 170 valence electrons. The Morgan fingerprint density at radius 3 is 2.44 bits per heavy atom. The van der Waals surface area contributed by atoms with Crippen LogP contribution in [0.1, 0.15) is 18.3 Å². The van der Waals surface area contributed by atoms with Crippen LogP contribution < -0.4 is 14.8 Å². The average molecular weight is 476 g/mol. The molecule has 0 radical (unpaired) electrons. The molecular formula is C21H25N5O4S2. The first-order chi connectivity index (χ1) is 15.3. The van der Waals surface area contributed by atoms with Gasteiger partial charge in [-0.05, 0) is 50.2 Å². The van der Waals surface area contributed by atoms with Gasteiger partial charge in [0.2, 0.25) is 15.9 Å². The van der Waals surface area contributed by atoms with Crippen LogP contribution in [-0.2, 0) is 28.4 Å². The van der Waals surface area contributed by atoms with Gasteiger partial charge in [0.25, 0.3) is 0 Å². The predicted octanol–water partition coefficient (Wildman–Crippen LogP) is 2.73. The zero-order valence-corrected chi connectivity index (χ0v) is 19.7. The highest BCUT2D eigenvalue weighted by Crippen LogP contribution is 2.19. The lowest BCUT2D eigenvalue weighted by Crippen LogP contribution is -2.24. The number of carbonyl (C=O) groups is 1. The number of benzene rings is 2. The van der Waals surface area contributed by atoms with Crippen molar-refractivity contribution in [2.75, 3.05) is 17.7 Å². The highest BCUT2D eigenvalue weighted by molar-refractivity contribution is 7.99. The lowest BCUT2D eigenvalue weighted by molar-refractivity contribution is -0.113. The van der Waals surface area contributed by atoms with Crippen molar-refractivity contribution in [1.82, 2.24) is 19.5 Å². The van der Waals surface area contributed by atoms with Gasteiger partial charge in [0.05, 0.1) is 23.8 Å². The fourth-order valence-electron chi connectivity index (χ4n) is 2.71. The first kappa shape index (κ1) is 23.8. The summed E-state index contributed by atoms with van der Waals surface area (Å²) in [5.74, 6) is 1.12. The second-order valence-electron chi connectivity index (χ2n) is 6.89. The lowest BCUT2D eigenvalue weighted by Gasteiger charge is -2.08. The molecule has 2 N–H and O–H groups in total. The summed E-state index contributed by atoms with van der Waals surface area (Å²) < 4.78 is 34.5. The van der Waals surface area contributed by atoms with E-state index in [9.17, 15) is 13.2 Å². The van der Waals surface area contributed by atoms with E-state index in [1.807, 2.05) is 13.8 Å². The number of rotatable bonds is 10. The van der Waals surface area contributed by atoms with Crippen LogP contribution in [0.15, 0.2) is 58.6 Å². The monoisotopic (exact) mass is 475 g/mol. The first-order valence-electron chi connectivity index (χ1n) is 9.88. The molecule has 0 aliphatic heterocycles. The summed E-state index contributed by atoms with van der Waals surface area (Å²) in [4.78, 5) is 12.4. The number of hydrogen-bond acceptors (Lipinski definition) is 7. The topological polar surface area (TPSA) is 115 Å². The van der Waals surface area contributed by atoms with Crippen molar-refractivity contribution in [3.8, 4) is 5.75 Å². The average Bonchev–Trinajstić information content (AvgIpc) is 3.12. The van der Waals surface area contributed by atoms with Gasteiger partial charge in [-0.15, -0.1) is 10.2 Å². The smallest absolute Gasteiger partial charge is 0.240 e. The summed E-state index contributed by atoms with van der Waals surface area (Å²) in [6.45, 7) is 4.36. The highest BCUT2D eigenvalue weighted by atomic mass is 32.2. The van der Waals surface area contributed by atoms with Gasteiger partial charge in [-0.1, -0.05) is 29.5 Å². The van der Waals surface area contributed by atoms with Crippen LogP contribution in [0.3, 0.4) is 0 Å². The molecule has 3 aromatic rings. The maximum atomic E-state index is 12.4. The number of aromatic nitrogens is 3. The number of aryl methyl sites for hydroxylation is 1. The summed E-state index contributed by atoms with van der Waals surface area (Å²) in [7, 11) is -1.94. The fraction of sp³-hybridized carbons (Fsp3) is 0.286. The van der Waals surface area contributed by atoms with E-state index < -0.39 is 10.0 Å². The van der Waals surface area contributed by atoms with Crippen molar-refractivity contribution < 1.29 is 17.9 Å². The molecule has 32 heavy (non-hydrogen) atoms. The van der Waals surface area contributed by atoms with Crippen LogP contribution >= 0.6 is 11.8 Å². The Hall–Kier alpha value is -2.89.